The third kappa shape index (κ3) is 24.0. The van der Waals surface area contributed by atoms with Crippen LogP contribution in [-0.4, -0.2) is 240 Å². The molecule has 13 atom stereocenters. The summed E-state index contributed by atoms with van der Waals surface area (Å²) in [5.74, 6) is -18.9. The number of carbonyl (C=O) groups excluding carboxylic acids is 13. The van der Waals surface area contributed by atoms with Crippen molar-refractivity contribution in [1.82, 2.24) is 63.4 Å². The Morgan fingerprint density at radius 3 is 1.63 bits per heavy atom. The van der Waals surface area contributed by atoms with Gasteiger partial charge in [-0.15, -0.1) is 0 Å². The Labute approximate surface area is 515 Å². The van der Waals surface area contributed by atoms with E-state index in [-0.39, 0.29) is 31.6 Å². The Bertz CT molecular complexity index is 2600. The first kappa shape index (κ1) is 73.2. The molecule has 4 aliphatic rings. The molecule has 0 aromatic rings. The first-order valence-corrected chi connectivity index (χ1v) is 35.3. The molecule has 4 saturated heterocycles. The standard InChI is InChI=1S/C45H71N14O20PS6/c1-18(2)8-22-36(65)56-27-15-85-86-17-29(45(74)75)50-32(62)10-48-43(72)33(20(4)60)58-41(70)28-16-84-83-13-25(39(68)53-24(37(66)51-22)11-79-80(76,77)78)55-35(64)21(46)12-81-82-14-26(57-40(27)69)38(67)52-23(9-31(47)61)44(73)59-7-5-6-30(59)42(71)49-19(3)34(63)54-28/h18-30,33,60H,5-17,46H2,1-4H3,(H2,47,61)(H,48,72)(H,49,71)(H,50,62)(H,51,66)(H,52,67)(H,53,68)(H,54,63)(H,55,64)(H,56,65)(H,57,69)(H,58,70)(H,74,75)(H2,76,77,78)/t19-,20+,21-,22-,23-,24-,25-,26-,27-,28-,29-,30-,33-/m0/s1. The number of aliphatic hydroxyl groups excluding tert-OH is 1. The van der Waals surface area contributed by atoms with E-state index >= 15 is 0 Å². The van der Waals surface area contributed by atoms with Gasteiger partial charge in [-0.3, -0.25) is 66.9 Å². The number of primary amides is 1. The second kappa shape index (κ2) is 35.0. The average Bonchev–Trinajstić information content (AvgIpc) is 2.31. The highest BCUT2D eigenvalue weighted by atomic mass is 33.1. The number of hydrogen-bond donors (Lipinski definition) is 17. The van der Waals surface area contributed by atoms with Crippen LogP contribution in [0.5, 0.6) is 0 Å². The molecule has 41 heteroatoms. The number of aliphatic carboxylic acids is 1. The zero-order valence-electron chi connectivity index (χ0n) is 46.6. The summed E-state index contributed by atoms with van der Waals surface area (Å²) in [6.45, 7) is 3.30. The van der Waals surface area contributed by atoms with Crippen LogP contribution in [0.4, 0.5) is 0 Å². The van der Waals surface area contributed by atoms with Crippen molar-refractivity contribution in [3.63, 3.8) is 0 Å². The number of carbonyl (C=O) groups is 14. The third-order valence-electron chi connectivity index (χ3n) is 12.7. The normalized spacial score (nSPS) is 30.2. The number of hydrogen-bond acceptors (Lipinski definition) is 24. The van der Waals surface area contributed by atoms with Gasteiger partial charge in [-0.2, -0.15) is 0 Å². The maximum Gasteiger partial charge on any atom is 0.469 e. The molecule has 0 aromatic carbocycles. The van der Waals surface area contributed by atoms with E-state index in [1.807, 2.05) is 0 Å². The lowest BCUT2D eigenvalue weighted by molar-refractivity contribution is -0.143. The number of amides is 13. The Kier molecular flexibility index (Phi) is 29.8. The SMILES string of the molecule is CC(C)C[C@@H]1NC(=O)[C@H](COP(=O)(O)O)NC(=O)[C@@H]2CSSC[C@@H]3NC(=O)[C@H](C)NC(=O)[C@@H]4CCCN4C(=O)[C@H](CC(N)=O)NC(=O)[C@H](CSSC[C@H](N)C(=O)N2)NC(=O)[C@H](CSSC[C@@H](C(=O)O)NC(=O)CNC(=O)[C@H]([C@@H](C)O)NC3=O)NC1=O. The number of nitrogens with two attached hydrogens (primary N) is 2. The molecule has 34 nitrogen and oxygen atoms in total. The molecule has 4 aliphatic heterocycles. The topological polar surface area (TPSA) is 534 Å². The molecule has 86 heavy (non-hydrogen) atoms. The van der Waals surface area contributed by atoms with Crippen LogP contribution in [0.1, 0.15) is 53.4 Å². The van der Waals surface area contributed by atoms with E-state index in [0.29, 0.717) is 0 Å². The summed E-state index contributed by atoms with van der Waals surface area (Å²) >= 11 is 0. The first-order chi connectivity index (χ1) is 40.3. The van der Waals surface area contributed by atoms with Crippen LogP contribution in [0, 0.1) is 5.92 Å². The monoisotopic (exact) mass is 1350 g/mol. The summed E-state index contributed by atoms with van der Waals surface area (Å²) in [7, 11) is -0.651. The first-order valence-electron chi connectivity index (χ1n) is 26.3. The minimum atomic E-state index is -5.42. The summed E-state index contributed by atoms with van der Waals surface area (Å²) in [4.78, 5) is 215. The van der Waals surface area contributed by atoms with E-state index in [1.165, 1.54) is 6.92 Å². The number of rotatable bonds is 9. The smallest absolute Gasteiger partial charge is 0.469 e. The highest BCUT2D eigenvalue weighted by Gasteiger charge is 2.42. The minimum Gasteiger partial charge on any atom is -0.480 e. The lowest BCUT2D eigenvalue weighted by Crippen LogP contribution is -2.62. The van der Waals surface area contributed by atoms with Gasteiger partial charge in [0.05, 0.1) is 31.7 Å². The highest BCUT2D eigenvalue weighted by molar-refractivity contribution is 8.77. The number of carboxylic acid groups (broad SMARTS) is 1. The van der Waals surface area contributed by atoms with Crippen molar-refractivity contribution < 1.29 is 96.2 Å². The second-order valence-electron chi connectivity index (χ2n) is 20.2. The van der Waals surface area contributed by atoms with E-state index in [4.69, 9.17) is 11.5 Å². The van der Waals surface area contributed by atoms with E-state index in [9.17, 15) is 91.7 Å². The van der Waals surface area contributed by atoms with Crippen molar-refractivity contribution in [2.24, 2.45) is 17.4 Å². The Balaban J connectivity index is 2.02. The number of carboxylic acids is 1. The van der Waals surface area contributed by atoms with Crippen molar-refractivity contribution in [3.05, 3.63) is 0 Å². The maximum absolute atomic E-state index is 14.6. The molecule has 4 rings (SSSR count). The maximum atomic E-state index is 14.6. The van der Waals surface area contributed by atoms with Crippen molar-refractivity contribution in [3.8, 4) is 0 Å². The summed E-state index contributed by atoms with van der Waals surface area (Å²) in [6, 6.07) is -20.3. The van der Waals surface area contributed by atoms with Crippen LogP contribution in [0.25, 0.3) is 0 Å². The zero-order chi connectivity index (χ0) is 64.2. The van der Waals surface area contributed by atoms with Crippen molar-refractivity contribution in [1.29, 1.82) is 0 Å². The van der Waals surface area contributed by atoms with Gasteiger partial charge in [0.1, 0.15) is 66.5 Å². The number of nitrogens with one attached hydrogen (secondary N) is 11. The van der Waals surface area contributed by atoms with Gasteiger partial charge >= 0.3 is 13.8 Å². The Hall–Kier alpha value is -5.29. The van der Waals surface area contributed by atoms with Crippen LogP contribution >= 0.6 is 72.6 Å². The van der Waals surface area contributed by atoms with E-state index in [1.54, 1.807) is 13.8 Å². The van der Waals surface area contributed by atoms with Gasteiger partial charge < -0.3 is 94.9 Å². The zero-order valence-corrected chi connectivity index (χ0v) is 52.4. The summed E-state index contributed by atoms with van der Waals surface area (Å²) in [5, 5.41) is 47.0. The molecule has 4 fully saturated rings. The number of fused-ring (bicyclic) bond motifs is 20. The molecule has 0 radical (unpaired) electrons. The Morgan fingerprint density at radius 1 is 0.616 bits per heavy atom. The summed E-state index contributed by atoms with van der Waals surface area (Å²) < 4.78 is 16.7. The summed E-state index contributed by atoms with van der Waals surface area (Å²) in [5.41, 5.74) is 11.9. The molecular formula is C45H71N14O20PS6. The number of aliphatic hydroxyl groups is 1. The molecule has 0 aromatic heterocycles. The van der Waals surface area contributed by atoms with Gasteiger partial charge in [-0.1, -0.05) is 78.6 Å². The Morgan fingerprint density at radius 2 is 1.09 bits per heavy atom. The van der Waals surface area contributed by atoms with Crippen molar-refractivity contribution in [2.75, 3.05) is 54.2 Å². The molecule has 482 valence electrons. The molecule has 4 bridgehead atoms. The van der Waals surface area contributed by atoms with Gasteiger partial charge in [-0.05, 0) is 39.0 Å². The molecule has 0 aliphatic carbocycles. The van der Waals surface area contributed by atoms with Crippen LogP contribution in [0.15, 0.2) is 0 Å². The van der Waals surface area contributed by atoms with Gasteiger partial charge in [0.2, 0.25) is 76.8 Å². The lowest BCUT2D eigenvalue weighted by atomic mass is 10.0. The fourth-order valence-corrected chi connectivity index (χ4v) is 15.4. The number of phosphoric acid groups is 1. The predicted molar refractivity (Wildman–Crippen MR) is 316 cm³/mol. The molecule has 19 N–H and O–H groups in total. The van der Waals surface area contributed by atoms with Gasteiger partial charge in [0.15, 0.2) is 0 Å². The van der Waals surface area contributed by atoms with Crippen LogP contribution in [0.3, 0.4) is 0 Å². The van der Waals surface area contributed by atoms with Crippen molar-refractivity contribution in [2.45, 2.75) is 132 Å². The molecule has 13 amide bonds. The lowest BCUT2D eigenvalue weighted by Gasteiger charge is -2.30. The second-order valence-corrected chi connectivity index (χ2v) is 29.0. The van der Waals surface area contributed by atoms with Crippen LogP contribution < -0.4 is 70.0 Å². The van der Waals surface area contributed by atoms with Crippen LogP contribution in [-0.2, 0) is 76.2 Å². The average molecular weight is 1350 g/mol. The van der Waals surface area contributed by atoms with Crippen LogP contribution in [0.2, 0.25) is 0 Å². The highest BCUT2D eigenvalue weighted by Crippen LogP contribution is 2.36. The fraction of sp³-hybridized carbons (Fsp3) is 0.689. The van der Waals surface area contributed by atoms with E-state index < -0.39 is 223 Å². The van der Waals surface area contributed by atoms with Crippen molar-refractivity contribution >= 4 is 155 Å². The fourth-order valence-electron chi connectivity index (χ4n) is 8.14. The number of phosphoric ester groups is 1. The summed E-state index contributed by atoms with van der Waals surface area (Å²) in [6.07, 6.45) is -2.55. The molecule has 0 unspecified atom stereocenters. The third-order valence-corrected chi connectivity index (χ3v) is 20.4. The van der Waals surface area contributed by atoms with Gasteiger partial charge in [0.25, 0.3) is 0 Å². The quantitative estimate of drug-likeness (QED) is 0.0579. The van der Waals surface area contributed by atoms with Gasteiger partial charge in [0, 0.05) is 41.1 Å². The largest absolute Gasteiger partial charge is 0.480 e. The molecule has 0 saturated carbocycles. The minimum absolute atomic E-state index is 0.0153. The molecule has 0 spiro atoms. The van der Waals surface area contributed by atoms with E-state index in [0.717, 1.165) is 76.6 Å². The van der Waals surface area contributed by atoms with Gasteiger partial charge in [-0.25, -0.2) is 9.36 Å². The van der Waals surface area contributed by atoms with E-state index in [2.05, 4.69) is 63.0 Å². The molecular weight excluding hydrogens is 1280 g/mol. The molecule has 4 heterocycles. The predicted octanol–water partition coefficient (Wildman–Crippen LogP) is -7.03. The number of nitrogens with zero attached hydrogens (tertiary/aromatic N) is 1.